The second kappa shape index (κ2) is 6.34. The molecular formula is C19H19N3O4. The van der Waals surface area contributed by atoms with E-state index in [0.717, 1.165) is 22.4 Å². The number of benzene rings is 2. The summed E-state index contributed by atoms with van der Waals surface area (Å²) in [5.41, 5.74) is 9.05. The molecule has 1 unspecified atom stereocenters. The number of carboxylic acids is 1. The average molecular weight is 353 g/mol. The van der Waals surface area contributed by atoms with Crippen LogP contribution in [0.2, 0.25) is 0 Å². The van der Waals surface area contributed by atoms with E-state index in [2.05, 4.69) is 4.98 Å². The van der Waals surface area contributed by atoms with Crippen molar-refractivity contribution in [1.29, 1.82) is 0 Å². The number of carbonyl (C=O) groups is 1. The molecule has 0 spiro atoms. The summed E-state index contributed by atoms with van der Waals surface area (Å²) in [4.78, 5) is 15.7. The lowest BCUT2D eigenvalue weighted by molar-refractivity contribution is 0.0697. The van der Waals surface area contributed by atoms with Gasteiger partial charge in [0, 0.05) is 18.7 Å². The third-order valence-electron chi connectivity index (χ3n) is 4.39. The van der Waals surface area contributed by atoms with E-state index >= 15 is 0 Å². The topological polar surface area (TPSA) is 99.6 Å². The molecule has 0 bridgehead atoms. The lowest BCUT2D eigenvalue weighted by Crippen LogP contribution is -2.15. The van der Waals surface area contributed by atoms with Crippen molar-refractivity contribution >= 4 is 17.0 Å². The standard InChI is InChI=1S/C19H19N3O4/c1-11(20)18-21-14-8-16-17(26-7-6-25-16)9-15(14)22(18)10-12-2-4-13(5-3-12)19(23)24/h2-5,8-9,11H,6-7,10,20H2,1H3,(H,23,24). The van der Waals surface area contributed by atoms with Gasteiger partial charge in [-0.25, -0.2) is 9.78 Å². The Labute approximate surface area is 150 Å². The number of nitrogens with zero attached hydrogens (tertiary/aromatic N) is 2. The molecule has 0 radical (unpaired) electrons. The predicted octanol–water partition coefficient (Wildman–Crippen LogP) is 2.57. The maximum atomic E-state index is 11.0. The van der Waals surface area contributed by atoms with Crippen LogP contribution in [0.3, 0.4) is 0 Å². The molecule has 26 heavy (non-hydrogen) atoms. The Morgan fingerprint density at radius 1 is 1.23 bits per heavy atom. The van der Waals surface area contributed by atoms with E-state index in [4.69, 9.17) is 20.3 Å². The molecule has 0 aliphatic carbocycles. The van der Waals surface area contributed by atoms with Crippen LogP contribution in [0.15, 0.2) is 36.4 Å². The molecule has 1 aliphatic heterocycles. The van der Waals surface area contributed by atoms with Gasteiger partial charge in [0.1, 0.15) is 19.0 Å². The number of rotatable bonds is 4. The molecule has 7 heteroatoms. The monoisotopic (exact) mass is 353 g/mol. The molecule has 1 aliphatic rings. The first-order valence-corrected chi connectivity index (χ1v) is 8.40. The van der Waals surface area contributed by atoms with Crippen molar-refractivity contribution in [2.45, 2.75) is 19.5 Å². The Kier molecular flexibility index (Phi) is 4.00. The van der Waals surface area contributed by atoms with Gasteiger partial charge in [-0.05, 0) is 24.6 Å². The van der Waals surface area contributed by atoms with Crippen molar-refractivity contribution in [3.63, 3.8) is 0 Å². The number of aromatic nitrogens is 2. The number of hydrogen-bond donors (Lipinski definition) is 2. The van der Waals surface area contributed by atoms with Crippen molar-refractivity contribution < 1.29 is 19.4 Å². The molecule has 0 saturated heterocycles. The summed E-state index contributed by atoms with van der Waals surface area (Å²) in [7, 11) is 0. The second-order valence-electron chi connectivity index (χ2n) is 6.33. The summed E-state index contributed by atoms with van der Waals surface area (Å²) in [6.45, 7) is 3.46. The van der Waals surface area contributed by atoms with Crippen molar-refractivity contribution in [3.8, 4) is 11.5 Å². The molecule has 4 rings (SSSR count). The summed E-state index contributed by atoms with van der Waals surface area (Å²) < 4.78 is 13.4. The fraction of sp³-hybridized carbons (Fsp3) is 0.263. The van der Waals surface area contributed by atoms with Gasteiger partial charge in [0.15, 0.2) is 11.5 Å². The van der Waals surface area contributed by atoms with Gasteiger partial charge in [-0.2, -0.15) is 0 Å². The summed E-state index contributed by atoms with van der Waals surface area (Å²) in [6, 6.07) is 10.4. The van der Waals surface area contributed by atoms with E-state index in [1.807, 2.05) is 23.6 Å². The third kappa shape index (κ3) is 2.86. The summed E-state index contributed by atoms with van der Waals surface area (Å²) in [6.07, 6.45) is 0. The number of ether oxygens (including phenoxy) is 2. The average Bonchev–Trinajstić information content (AvgIpc) is 2.98. The van der Waals surface area contributed by atoms with Crippen molar-refractivity contribution in [2.75, 3.05) is 13.2 Å². The van der Waals surface area contributed by atoms with Gasteiger partial charge in [-0.3, -0.25) is 0 Å². The van der Waals surface area contributed by atoms with Crippen LogP contribution in [0.4, 0.5) is 0 Å². The van der Waals surface area contributed by atoms with E-state index < -0.39 is 5.97 Å². The summed E-state index contributed by atoms with van der Waals surface area (Å²) in [5.74, 6) is 1.20. The van der Waals surface area contributed by atoms with Crippen LogP contribution in [0.1, 0.15) is 34.7 Å². The van der Waals surface area contributed by atoms with Crippen LogP contribution in [-0.2, 0) is 6.54 Å². The normalized spacial score (nSPS) is 14.4. The first-order chi connectivity index (χ1) is 12.5. The minimum atomic E-state index is -0.940. The van der Waals surface area contributed by atoms with Crippen LogP contribution < -0.4 is 15.2 Å². The highest BCUT2D eigenvalue weighted by Gasteiger charge is 2.19. The molecule has 1 atom stereocenters. The SMILES string of the molecule is CC(N)c1nc2cc3c(cc2n1Cc1ccc(C(=O)O)cc1)OCCO3. The molecule has 3 aromatic rings. The van der Waals surface area contributed by atoms with Gasteiger partial charge in [0.25, 0.3) is 0 Å². The fourth-order valence-corrected chi connectivity index (χ4v) is 3.13. The molecule has 1 aromatic heterocycles. The first kappa shape index (κ1) is 16.4. The maximum absolute atomic E-state index is 11.0. The lowest BCUT2D eigenvalue weighted by Gasteiger charge is -2.18. The number of aromatic carboxylic acids is 1. The quantitative estimate of drug-likeness (QED) is 0.748. The third-order valence-corrected chi connectivity index (χ3v) is 4.39. The van der Waals surface area contributed by atoms with Crippen LogP contribution in [0.25, 0.3) is 11.0 Å². The molecule has 0 fully saturated rings. The summed E-state index contributed by atoms with van der Waals surface area (Å²) in [5, 5.41) is 9.05. The fourth-order valence-electron chi connectivity index (χ4n) is 3.13. The van der Waals surface area contributed by atoms with Crippen LogP contribution >= 0.6 is 0 Å². The molecule has 0 saturated carbocycles. The Bertz CT molecular complexity index is 977. The van der Waals surface area contributed by atoms with Gasteiger partial charge >= 0.3 is 5.97 Å². The van der Waals surface area contributed by atoms with Crippen LogP contribution in [0, 0.1) is 0 Å². The van der Waals surface area contributed by atoms with Crippen molar-refractivity contribution in [2.24, 2.45) is 5.73 Å². The highest BCUT2D eigenvalue weighted by Crippen LogP contribution is 2.35. The molecule has 0 amide bonds. The number of hydrogen-bond acceptors (Lipinski definition) is 5. The predicted molar refractivity (Wildman–Crippen MR) is 95.8 cm³/mol. The molecule has 2 heterocycles. The van der Waals surface area contributed by atoms with E-state index in [1.165, 1.54) is 0 Å². The molecule has 7 nitrogen and oxygen atoms in total. The van der Waals surface area contributed by atoms with E-state index in [9.17, 15) is 4.79 Å². The highest BCUT2D eigenvalue weighted by molar-refractivity contribution is 5.87. The van der Waals surface area contributed by atoms with E-state index in [-0.39, 0.29) is 11.6 Å². The molecule has 134 valence electrons. The second-order valence-corrected chi connectivity index (χ2v) is 6.33. The largest absolute Gasteiger partial charge is 0.486 e. The van der Waals surface area contributed by atoms with Gasteiger partial charge in [-0.15, -0.1) is 0 Å². The van der Waals surface area contributed by atoms with Gasteiger partial charge < -0.3 is 24.9 Å². The zero-order valence-electron chi connectivity index (χ0n) is 14.3. The number of nitrogens with two attached hydrogens (primary N) is 1. The van der Waals surface area contributed by atoms with Gasteiger partial charge in [-0.1, -0.05) is 12.1 Å². The Balaban J connectivity index is 1.79. The highest BCUT2D eigenvalue weighted by atomic mass is 16.6. The zero-order chi connectivity index (χ0) is 18.3. The minimum absolute atomic E-state index is 0.250. The Morgan fingerprint density at radius 3 is 2.50 bits per heavy atom. The van der Waals surface area contributed by atoms with Crippen molar-refractivity contribution in [1.82, 2.24) is 9.55 Å². The number of fused-ring (bicyclic) bond motifs is 2. The number of imidazole rings is 1. The first-order valence-electron chi connectivity index (χ1n) is 8.40. The Hall–Kier alpha value is -3.06. The molecule has 3 N–H and O–H groups in total. The maximum Gasteiger partial charge on any atom is 0.335 e. The van der Waals surface area contributed by atoms with Crippen molar-refractivity contribution in [3.05, 3.63) is 53.3 Å². The van der Waals surface area contributed by atoms with Gasteiger partial charge in [0.05, 0.1) is 22.6 Å². The van der Waals surface area contributed by atoms with E-state index in [0.29, 0.717) is 31.3 Å². The Morgan fingerprint density at radius 2 is 1.88 bits per heavy atom. The van der Waals surface area contributed by atoms with Gasteiger partial charge in [0.2, 0.25) is 0 Å². The molecular weight excluding hydrogens is 334 g/mol. The lowest BCUT2D eigenvalue weighted by atomic mass is 10.1. The molecule has 2 aromatic carbocycles. The summed E-state index contributed by atoms with van der Waals surface area (Å²) >= 11 is 0. The van der Waals surface area contributed by atoms with Crippen LogP contribution in [-0.4, -0.2) is 33.8 Å². The van der Waals surface area contributed by atoms with Crippen LogP contribution in [0.5, 0.6) is 11.5 Å². The zero-order valence-corrected chi connectivity index (χ0v) is 14.3. The minimum Gasteiger partial charge on any atom is -0.486 e. The smallest absolute Gasteiger partial charge is 0.335 e. The van der Waals surface area contributed by atoms with E-state index in [1.54, 1.807) is 24.3 Å². The number of carboxylic acid groups (broad SMARTS) is 1.